The number of aryl methyl sites for hydroxylation is 1. The summed E-state index contributed by atoms with van der Waals surface area (Å²) in [6.45, 7) is 2.66. The fourth-order valence-electron chi connectivity index (χ4n) is 2.08. The smallest absolute Gasteiger partial charge is 0.123 e. The minimum Gasteiger partial charge on any atom is -0.464 e. The van der Waals surface area contributed by atoms with Gasteiger partial charge in [-0.2, -0.15) is 0 Å². The predicted octanol–water partition coefficient (Wildman–Crippen LogP) is 4.24. The molecule has 0 spiro atoms. The maximum atomic E-state index is 6.22. The third-order valence-electron chi connectivity index (χ3n) is 2.86. The van der Waals surface area contributed by atoms with Crippen LogP contribution in [-0.2, 0) is 6.54 Å². The molecule has 2 nitrogen and oxygen atoms in total. The average molecular weight is 246 g/mol. The number of rotatable bonds is 2. The molecule has 0 N–H and O–H groups in total. The summed E-state index contributed by atoms with van der Waals surface area (Å²) in [6, 6.07) is 12.0. The van der Waals surface area contributed by atoms with Gasteiger partial charge >= 0.3 is 0 Å². The molecule has 0 aliphatic heterocycles. The Balaban J connectivity index is 2.06. The van der Waals surface area contributed by atoms with E-state index in [-0.39, 0.29) is 0 Å². The number of furan rings is 1. The zero-order valence-corrected chi connectivity index (χ0v) is 10.2. The molecule has 3 heteroatoms. The summed E-state index contributed by atoms with van der Waals surface area (Å²) < 4.78 is 7.69. The van der Waals surface area contributed by atoms with Gasteiger partial charge in [0.15, 0.2) is 0 Å². The molecular weight excluding hydrogens is 234 g/mol. The Morgan fingerprint density at radius 1 is 1.18 bits per heavy atom. The van der Waals surface area contributed by atoms with E-state index in [0.29, 0.717) is 6.54 Å². The molecule has 17 heavy (non-hydrogen) atoms. The van der Waals surface area contributed by atoms with E-state index in [0.717, 1.165) is 27.4 Å². The van der Waals surface area contributed by atoms with Gasteiger partial charge in [-0.05, 0) is 31.2 Å². The highest BCUT2D eigenvalue weighted by molar-refractivity contribution is 6.35. The largest absolute Gasteiger partial charge is 0.464 e. The summed E-state index contributed by atoms with van der Waals surface area (Å²) >= 11 is 6.22. The van der Waals surface area contributed by atoms with Crippen LogP contribution in [0.1, 0.15) is 11.5 Å². The van der Waals surface area contributed by atoms with Crippen molar-refractivity contribution in [2.24, 2.45) is 0 Å². The lowest BCUT2D eigenvalue weighted by Crippen LogP contribution is -1.96. The molecule has 0 aliphatic rings. The number of hydrogen-bond donors (Lipinski definition) is 0. The van der Waals surface area contributed by atoms with Crippen molar-refractivity contribution in [3.63, 3.8) is 0 Å². The number of nitrogens with zero attached hydrogens (tertiary/aromatic N) is 1. The van der Waals surface area contributed by atoms with Crippen molar-refractivity contribution < 1.29 is 4.42 Å². The molecule has 0 atom stereocenters. The molecule has 0 saturated carbocycles. The van der Waals surface area contributed by atoms with E-state index in [2.05, 4.69) is 16.7 Å². The maximum Gasteiger partial charge on any atom is 0.123 e. The number of benzene rings is 1. The van der Waals surface area contributed by atoms with E-state index in [4.69, 9.17) is 16.0 Å². The summed E-state index contributed by atoms with van der Waals surface area (Å²) in [6.07, 6.45) is 2.04. The highest BCUT2D eigenvalue weighted by Gasteiger charge is 2.06. The first-order valence-corrected chi connectivity index (χ1v) is 5.90. The molecule has 0 bridgehead atoms. The van der Waals surface area contributed by atoms with Crippen LogP contribution in [0.5, 0.6) is 0 Å². The van der Waals surface area contributed by atoms with Gasteiger partial charge in [-0.15, -0.1) is 0 Å². The van der Waals surface area contributed by atoms with Gasteiger partial charge in [0.1, 0.15) is 11.5 Å². The maximum absolute atomic E-state index is 6.22. The molecule has 0 unspecified atom stereocenters. The van der Waals surface area contributed by atoms with Crippen LogP contribution in [0.4, 0.5) is 0 Å². The number of aromatic nitrogens is 1. The molecule has 0 amide bonds. The number of hydrogen-bond acceptors (Lipinski definition) is 1. The molecule has 3 aromatic rings. The molecule has 2 aromatic heterocycles. The third-order valence-corrected chi connectivity index (χ3v) is 3.17. The topological polar surface area (TPSA) is 18.1 Å². The van der Waals surface area contributed by atoms with Gasteiger partial charge in [-0.25, -0.2) is 0 Å². The van der Waals surface area contributed by atoms with Crippen LogP contribution in [-0.4, -0.2) is 4.57 Å². The van der Waals surface area contributed by atoms with Gasteiger partial charge in [0.2, 0.25) is 0 Å². The monoisotopic (exact) mass is 245 g/mol. The van der Waals surface area contributed by atoms with Gasteiger partial charge in [-0.1, -0.05) is 23.7 Å². The van der Waals surface area contributed by atoms with E-state index in [1.54, 1.807) is 0 Å². The Morgan fingerprint density at radius 2 is 2.06 bits per heavy atom. The molecule has 0 fully saturated rings. The van der Waals surface area contributed by atoms with Crippen LogP contribution in [0.15, 0.2) is 47.0 Å². The molecule has 0 aliphatic carbocycles. The van der Waals surface area contributed by atoms with Crippen LogP contribution in [0, 0.1) is 6.92 Å². The minimum atomic E-state index is 0.709. The van der Waals surface area contributed by atoms with E-state index in [1.165, 1.54) is 0 Å². The Kier molecular flexibility index (Phi) is 2.45. The first-order chi connectivity index (χ1) is 8.24. The lowest BCUT2D eigenvalue weighted by Gasteiger charge is -2.04. The van der Waals surface area contributed by atoms with Gasteiger partial charge in [0, 0.05) is 11.6 Å². The Labute approximate surface area is 104 Å². The van der Waals surface area contributed by atoms with Gasteiger partial charge in [0.25, 0.3) is 0 Å². The summed E-state index contributed by atoms with van der Waals surface area (Å²) in [7, 11) is 0. The average Bonchev–Trinajstić information content (AvgIpc) is 2.88. The molecule has 3 rings (SSSR count). The predicted molar refractivity (Wildman–Crippen MR) is 69.5 cm³/mol. The van der Waals surface area contributed by atoms with Crippen LogP contribution in [0.2, 0.25) is 5.02 Å². The first kappa shape index (κ1) is 10.5. The highest BCUT2D eigenvalue weighted by Crippen LogP contribution is 2.25. The first-order valence-electron chi connectivity index (χ1n) is 5.53. The third kappa shape index (κ3) is 1.85. The Hall–Kier alpha value is -1.67. The van der Waals surface area contributed by atoms with Crippen LogP contribution < -0.4 is 0 Å². The summed E-state index contributed by atoms with van der Waals surface area (Å²) in [5, 5.41) is 1.93. The van der Waals surface area contributed by atoms with E-state index in [1.807, 2.05) is 37.4 Å². The normalized spacial score (nSPS) is 11.2. The second-order valence-corrected chi connectivity index (χ2v) is 4.54. The second-order valence-electron chi connectivity index (χ2n) is 4.13. The quantitative estimate of drug-likeness (QED) is 0.660. The fourth-order valence-corrected chi connectivity index (χ4v) is 2.37. The standard InChI is InChI=1S/C14H12ClNO/c1-10-5-6-12(17-10)9-16-8-7-11-3-2-4-13(15)14(11)16/h2-8H,9H2,1H3. The lowest BCUT2D eigenvalue weighted by molar-refractivity contribution is 0.473. The summed E-state index contributed by atoms with van der Waals surface area (Å²) in [4.78, 5) is 0. The molecule has 1 aromatic carbocycles. The van der Waals surface area contributed by atoms with Crippen molar-refractivity contribution in [3.8, 4) is 0 Å². The Bertz CT molecular complexity index is 666. The van der Waals surface area contributed by atoms with Gasteiger partial charge in [0.05, 0.1) is 17.1 Å². The van der Waals surface area contributed by atoms with Crippen molar-refractivity contribution in [2.45, 2.75) is 13.5 Å². The van der Waals surface area contributed by atoms with E-state index >= 15 is 0 Å². The van der Waals surface area contributed by atoms with Crippen molar-refractivity contribution in [1.29, 1.82) is 0 Å². The van der Waals surface area contributed by atoms with Gasteiger partial charge in [-0.3, -0.25) is 0 Å². The van der Waals surface area contributed by atoms with Crippen LogP contribution >= 0.6 is 11.6 Å². The van der Waals surface area contributed by atoms with E-state index < -0.39 is 0 Å². The van der Waals surface area contributed by atoms with Crippen molar-refractivity contribution >= 4 is 22.5 Å². The van der Waals surface area contributed by atoms with Crippen molar-refractivity contribution in [2.75, 3.05) is 0 Å². The summed E-state index contributed by atoms with van der Waals surface area (Å²) in [5.41, 5.74) is 1.06. The SMILES string of the molecule is Cc1ccc(Cn2ccc3cccc(Cl)c32)o1. The molecule has 86 valence electrons. The number of para-hydroxylation sites is 1. The Morgan fingerprint density at radius 3 is 2.82 bits per heavy atom. The molecule has 2 heterocycles. The molecule has 0 saturated heterocycles. The van der Waals surface area contributed by atoms with Crippen LogP contribution in [0.3, 0.4) is 0 Å². The lowest BCUT2D eigenvalue weighted by atomic mass is 10.2. The number of fused-ring (bicyclic) bond motifs is 1. The zero-order chi connectivity index (χ0) is 11.8. The van der Waals surface area contributed by atoms with Crippen molar-refractivity contribution in [1.82, 2.24) is 4.57 Å². The van der Waals surface area contributed by atoms with E-state index in [9.17, 15) is 0 Å². The minimum absolute atomic E-state index is 0.709. The second kappa shape index (κ2) is 3.97. The van der Waals surface area contributed by atoms with Gasteiger partial charge < -0.3 is 8.98 Å². The fraction of sp³-hybridized carbons (Fsp3) is 0.143. The molecular formula is C14H12ClNO. The highest BCUT2D eigenvalue weighted by atomic mass is 35.5. The summed E-state index contributed by atoms with van der Waals surface area (Å²) in [5.74, 6) is 1.88. The number of halogens is 1. The van der Waals surface area contributed by atoms with Crippen LogP contribution in [0.25, 0.3) is 10.9 Å². The van der Waals surface area contributed by atoms with Crippen molar-refractivity contribution in [3.05, 3.63) is 59.1 Å². The zero-order valence-electron chi connectivity index (χ0n) is 9.48. The molecule has 0 radical (unpaired) electrons.